The number of fused-ring (bicyclic) bond motifs is 10. The molecule has 12 heteroatoms. The van der Waals surface area contributed by atoms with E-state index in [0.29, 0.717) is 34.9 Å². The number of hydrogen-bond acceptors (Lipinski definition) is 12. The van der Waals surface area contributed by atoms with Crippen LogP contribution in [0.25, 0.3) is 220 Å². The van der Waals surface area contributed by atoms with Gasteiger partial charge in [0.1, 0.15) is 0 Å². The third kappa shape index (κ3) is 13.9. The molecule has 22 rings (SSSR count). The number of pyridine rings is 4. The van der Waals surface area contributed by atoms with E-state index in [-0.39, 0.29) is 0 Å². The van der Waals surface area contributed by atoms with Crippen molar-refractivity contribution in [2.75, 3.05) is 0 Å². The molecule has 14 aromatic carbocycles. The van der Waals surface area contributed by atoms with Crippen LogP contribution in [0.5, 0.6) is 0 Å². The first kappa shape index (κ1) is 70.5. The molecule has 0 aliphatic rings. The molecule has 8 aromatic heterocycles. The van der Waals surface area contributed by atoms with Crippen molar-refractivity contribution in [2.45, 2.75) is 0 Å². The van der Waals surface area contributed by atoms with E-state index in [1.54, 1.807) is 22.7 Å². The molecule has 0 bridgehead atoms. The van der Waals surface area contributed by atoms with Gasteiger partial charge < -0.3 is 0 Å². The SMILES string of the molecule is c1ccc(-c2ccc(-c3nc(-c4ccccc4)nc(-c4cccc(-c5cccc(-c6cccc(-c7nc8ccncc8c8c7sc7ccccc78)c6)c5)c4)n3)cc2)cc1.c1ccc(-c2ccc(-c3nc(-c4ccccc4)nc(-c4cccc(-c5cccc(-c6cccc(-c7nc8cnccc8c8c7sc7ccccc78)c6)c5)c4)n3)cc2)cc1. The van der Waals surface area contributed by atoms with Gasteiger partial charge in [0.15, 0.2) is 34.9 Å². The Hall–Kier alpha value is -15.3. The summed E-state index contributed by atoms with van der Waals surface area (Å²) in [7, 11) is 0. The van der Waals surface area contributed by atoms with E-state index >= 15 is 0 Å². The van der Waals surface area contributed by atoms with Gasteiger partial charge in [0.05, 0.1) is 38.0 Å². The molecule has 0 saturated heterocycles. The Morgan fingerprint density at radius 3 is 0.847 bits per heavy atom. The highest BCUT2D eigenvalue weighted by Gasteiger charge is 2.22. The second-order valence-electron chi connectivity index (χ2n) is 29.0. The fraction of sp³-hybridized carbons (Fsp3) is 0. The molecule has 0 spiro atoms. The van der Waals surface area contributed by atoms with Crippen LogP contribution in [0.15, 0.2) is 401 Å². The minimum absolute atomic E-state index is 0.623. The monoisotopic (exact) mass is 1540 g/mol. The minimum atomic E-state index is 0.623. The molecule has 0 aliphatic heterocycles. The van der Waals surface area contributed by atoms with E-state index in [0.717, 1.165) is 133 Å². The summed E-state index contributed by atoms with van der Waals surface area (Å²) in [6, 6.07) is 131. The molecule has 0 aliphatic carbocycles. The van der Waals surface area contributed by atoms with Gasteiger partial charge >= 0.3 is 0 Å². The predicted molar refractivity (Wildman–Crippen MR) is 488 cm³/mol. The minimum Gasteiger partial charge on any atom is -0.264 e. The van der Waals surface area contributed by atoms with Crippen LogP contribution < -0.4 is 0 Å². The van der Waals surface area contributed by atoms with E-state index in [4.69, 9.17) is 39.9 Å². The lowest BCUT2D eigenvalue weighted by molar-refractivity contribution is 1.07. The molecule has 22 aromatic rings. The number of thiophene rings is 2. The summed E-state index contributed by atoms with van der Waals surface area (Å²) in [6.07, 6.45) is 7.49. The molecular formula is C106H66N10S2. The van der Waals surface area contributed by atoms with Crippen LogP contribution in [0.1, 0.15) is 0 Å². The molecular weight excluding hydrogens is 1480 g/mol. The second kappa shape index (κ2) is 30.9. The van der Waals surface area contributed by atoms with Crippen LogP contribution in [0.3, 0.4) is 0 Å². The van der Waals surface area contributed by atoms with Gasteiger partial charge in [-0.25, -0.2) is 39.9 Å². The Morgan fingerprint density at radius 1 is 0.169 bits per heavy atom. The fourth-order valence-corrected chi connectivity index (χ4v) is 18.2. The molecule has 0 fully saturated rings. The second-order valence-corrected chi connectivity index (χ2v) is 31.1. The molecule has 10 nitrogen and oxygen atoms in total. The molecule has 552 valence electrons. The van der Waals surface area contributed by atoms with Gasteiger partial charge in [-0.3, -0.25) is 9.97 Å². The molecule has 0 unspecified atom stereocenters. The summed E-state index contributed by atoms with van der Waals surface area (Å²) >= 11 is 3.59. The Balaban J connectivity index is 0.000000147. The van der Waals surface area contributed by atoms with Gasteiger partial charge in [-0.05, 0) is 127 Å². The smallest absolute Gasteiger partial charge is 0.164 e. The van der Waals surface area contributed by atoms with Crippen LogP contribution in [-0.2, 0) is 0 Å². The van der Waals surface area contributed by atoms with Crippen LogP contribution in [0, 0.1) is 0 Å². The first-order valence-electron chi connectivity index (χ1n) is 39.1. The third-order valence-electron chi connectivity index (χ3n) is 21.6. The van der Waals surface area contributed by atoms with E-state index in [1.807, 2.05) is 104 Å². The number of aromatic nitrogens is 10. The lowest BCUT2D eigenvalue weighted by Crippen LogP contribution is -2.00. The number of benzene rings is 14. The van der Waals surface area contributed by atoms with Crippen molar-refractivity contribution in [1.82, 2.24) is 49.8 Å². The van der Waals surface area contributed by atoms with Crippen LogP contribution >= 0.6 is 22.7 Å². The van der Waals surface area contributed by atoms with Gasteiger partial charge in [0.2, 0.25) is 0 Å². The molecule has 0 saturated carbocycles. The van der Waals surface area contributed by atoms with Gasteiger partial charge in [0, 0.05) is 105 Å². The summed E-state index contributed by atoms with van der Waals surface area (Å²) in [6.45, 7) is 0. The first-order valence-corrected chi connectivity index (χ1v) is 40.7. The molecule has 0 N–H and O–H groups in total. The van der Waals surface area contributed by atoms with Crippen LogP contribution in [0.4, 0.5) is 0 Å². The predicted octanol–water partition coefficient (Wildman–Crippen LogP) is 27.7. The quantitative estimate of drug-likeness (QED) is 0.104. The van der Waals surface area contributed by atoms with Gasteiger partial charge in [-0.1, -0.05) is 315 Å². The van der Waals surface area contributed by atoms with Crippen LogP contribution in [0.2, 0.25) is 0 Å². The molecule has 8 heterocycles. The largest absolute Gasteiger partial charge is 0.264 e. The van der Waals surface area contributed by atoms with Crippen molar-refractivity contribution in [2.24, 2.45) is 0 Å². The maximum Gasteiger partial charge on any atom is 0.164 e. The van der Waals surface area contributed by atoms with Crippen molar-refractivity contribution in [3.05, 3.63) is 401 Å². The van der Waals surface area contributed by atoms with E-state index in [2.05, 4.69) is 307 Å². The average Bonchev–Trinajstić information content (AvgIpc) is 1.57. The van der Waals surface area contributed by atoms with E-state index in [9.17, 15) is 0 Å². The average molecular weight is 1540 g/mol. The Bertz CT molecular complexity index is 7100. The van der Waals surface area contributed by atoms with Crippen molar-refractivity contribution >= 4 is 84.8 Å². The Kier molecular flexibility index (Phi) is 18.4. The summed E-state index contributed by atoms with van der Waals surface area (Å²) in [4.78, 5) is 49.4. The summed E-state index contributed by atoms with van der Waals surface area (Å²) < 4.78 is 4.86. The van der Waals surface area contributed by atoms with E-state index < -0.39 is 0 Å². The summed E-state index contributed by atoms with van der Waals surface area (Å²) in [5, 5.41) is 7.15. The highest BCUT2D eigenvalue weighted by molar-refractivity contribution is 7.27. The maximum atomic E-state index is 5.23. The summed E-state index contributed by atoms with van der Waals surface area (Å²) in [5.41, 5.74) is 25.0. The zero-order valence-electron chi connectivity index (χ0n) is 63.4. The first-order chi connectivity index (χ1) is 58.4. The molecule has 0 radical (unpaired) electrons. The molecule has 118 heavy (non-hydrogen) atoms. The number of hydrogen-bond donors (Lipinski definition) is 0. The fourth-order valence-electron chi connectivity index (χ4n) is 15.8. The zero-order chi connectivity index (χ0) is 78.2. The zero-order valence-corrected chi connectivity index (χ0v) is 65.0. The van der Waals surface area contributed by atoms with E-state index in [1.165, 1.54) is 51.5 Å². The van der Waals surface area contributed by atoms with Crippen molar-refractivity contribution in [3.8, 4) is 158 Å². The highest BCUT2D eigenvalue weighted by atomic mass is 32.1. The number of nitrogens with zero attached hydrogens (tertiary/aromatic N) is 10. The van der Waals surface area contributed by atoms with Crippen molar-refractivity contribution in [3.63, 3.8) is 0 Å². The third-order valence-corrected chi connectivity index (χ3v) is 24.0. The Morgan fingerprint density at radius 2 is 0.441 bits per heavy atom. The highest BCUT2D eigenvalue weighted by Crippen LogP contribution is 2.46. The lowest BCUT2D eigenvalue weighted by Gasteiger charge is -2.11. The standard InChI is InChI=1S/2C53H33N5S/c1-3-12-34(13-4-1)35-24-26-37(27-25-35)52-56-51(36-14-5-2-6-15-36)57-53(58-52)43-21-11-19-41(32-43)39-17-9-16-38(30-39)40-18-10-20-42(31-40)49-50-48(44-28-29-54-33-46(44)55-49)45-22-7-8-23-47(45)59-50;1-3-12-34(13-4-1)35-24-26-37(27-25-35)52-56-51(36-14-5-2-6-15-36)57-53(58-52)43-21-11-19-41(32-43)39-17-9-16-38(30-39)40-18-10-20-42(31-40)49-50-48(44-22-7-8-23-47(44)59-50)45-33-54-29-28-46(45)55-49/h2*1-33H. The van der Waals surface area contributed by atoms with Crippen molar-refractivity contribution < 1.29 is 0 Å². The maximum absolute atomic E-state index is 5.23. The van der Waals surface area contributed by atoms with Gasteiger partial charge in [-0.15, -0.1) is 22.7 Å². The van der Waals surface area contributed by atoms with Crippen LogP contribution in [-0.4, -0.2) is 49.8 Å². The number of rotatable bonds is 14. The van der Waals surface area contributed by atoms with Crippen molar-refractivity contribution in [1.29, 1.82) is 0 Å². The van der Waals surface area contributed by atoms with Gasteiger partial charge in [-0.2, -0.15) is 0 Å². The summed E-state index contributed by atoms with van der Waals surface area (Å²) in [5.74, 6) is 3.78. The topological polar surface area (TPSA) is 129 Å². The molecule has 0 amide bonds. The van der Waals surface area contributed by atoms with Gasteiger partial charge in [0.25, 0.3) is 0 Å². The molecule has 0 atom stereocenters. The lowest BCUT2D eigenvalue weighted by atomic mass is 9.96. The Labute approximate surface area is 688 Å². The normalized spacial score (nSPS) is 11.4.